The molecule has 27 heavy (non-hydrogen) atoms. The van der Waals surface area contributed by atoms with Gasteiger partial charge in [-0.1, -0.05) is 0 Å². The standard InChI is InChI=1S/C15H13N5O7/c1-6-9-8(18(22)23)5-7-3-4-15(20(26)27)11(7)10(9)12(17(2)16-6)13(14(15)21)19(24)25/h5,14,21H,3-4H2,1-2H3. The van der Waals surface area contributed by atoms with Crippen LogP contribution >= 0.6 is 0 Å². The molecule has 0 fully saturated rings. The molecule has 3 aliphatic rings. The second kappa shape index (κ2) is 5.07. The number of nitro benzene ring substituents is 1. The van der Waals surface area contributed by atoms with Crippen LogP contribution in [0.25, 0.3) is 5.70 Å². The molecule has 1 heterocycles. The number of rotatable bonds is 3. The minimum Gasteiger partial charge on any atom is -0.376 e. The number of hydrazone groups is 1. The lowest BCUT2D eigenvalue weighted by atomic mass is 9.74. The predicted octanol–water partition coefficient (Wildman–Crippen LogP) is 1.00. The SMILES string of the molecule is CC1=NN(C)C2=C([N+](=O)[O-])C(O)C3([N+](=O)[O-])CCc4cc([N+](=O)[O-])c1c2c43. The smallest absolute Gasteiger partial charge is 0.308 e. The molecule has 0 aromatic heterocycles. The zero-order valence-corrected chi connectivity index (χ0v) is 14.2. The van der Waals surface area contributed by atoms with Gasteiger partial charge in [-0.15, -0.1) is 0 Å². The maximum atomic E-state index is 12.0. The molecule has 1 aliphatic heterocycles. The molecule has 12 nitrogen and oxygen atoms in total. The Kier molecular flexibility index (Phi) is 3.19. The summed E-state index contributed by atoms with van der Waals surface area (Å²) in [7, 11) is 1.40. The van der Waals surface area contributed by atoms with E-state index in [1.807, 2.05) is 0 Å². The van der Waals surface area contributed by atoms with E-state index in [1.54, 1.807) is 0 Å². The van der Waals surface area contributed by atoms with Gasteiger partial charge in [-0.3, -0.25) is 35.4 Å². The van der Waals surface area contributed by atoms with E-state index in [-0.39, 0.29) is 46.6 Å². The van der Waals surface area contributed by atoms with Crippen molar-refractivity contribution >= 4 is 17.1 Å². The highest BCUT2D eigenvalue weighted by molar-refractivity contribution is 6.09. The molecule has 2 unspecified atom stereocenters. The topological polar surface area (TPSA) is 165 Å². The normalized spacial score (nSPS) is 25.2. The Hall–Kier alpha value is -3.41. The molecule has 0 bridgehead atoms. The first-order valence-electron chi connectivity index (χ1n) is 7.98. The van der Waals surface area contributed by atoms with Crippen LogP contribution in [-0.4, -0.2) is 43.7 Å². The van der Waals surface area contributed by atoms with Crippen molar-refractivity contribution in [2.75, 3.05) is 7.05 Å². The van der Waals surface area contributed by atoms with Crippen molar-refractivity contribution in [1.82, 2.24) is 5.01 Å². The Balaban J connectivity index is 2.27. The maximum absolute atomic E-state index is 12.0. The van der Waals surface area contributed by atoms with E-state index in [1.165, 1.54) is 20.0 Å². The molecule has 4 rings (SSSR count). The average Bonchev–Trinajstić information content (AvgIpc) is 2.97. The fourth-order valence-electron chi connectivity index (χ4n) is 4.49. The first kappa shape index (κ1) is 17.0. The summed E-state index contributed by atoms with van der Waals surface area (Å²) in [6, 6.07) is 1.26. The highest BCUT2D eigenvalue weighted by atomic mass is 16.6. The lowest BCUT2D eigenvalue weighted by molar-refractivity contribution is -0.598. The van der Waals surface area contributed by atoms with E-state index in [4.69, 9.17) is 0 Å². The maximum Gasteiger partial charge on any atom is 0.308 e. The van der Waals surface area contributed by atoms with Crippen molar-refractivity contribution in [2.24, 2.45) is 5.10 Å². The lowest BCUT2D eigenvalue weighted by Gasteiger charge is -2.36. The molecule has 2 atom stereocenters. The first-order valence-corrected chi connectivity index (χ1v) is 7.98. The number of aryl methyl sites for hydroxylation is 1. The number of aliphatic hydroxyl groups is 1. The fraction of sp³-hybridized carbons (Fsp3) is 0.400. The lowest BCUT2D eigenvalue weighted by Crippen LogP contribution is -2.51. The van der Waals surface area contributed by atoms with Gasteiger partial charge in [0, 0.05) is 35.6 Å². The Labute approximate surface area is 150 Å². The quantitative estimate of drug-likeness (QED) is 0.603. The molecule has 0 saturated carbocycles. The summed E-state index contributed by atoms with van der Waals surface area (Å²) in [5, 5.41) is 51.3. The second-order valence-electron chi connectivity index (χ2n) is 6.72. The average molecular weight is 375 g/mol. The van der Waals surface area contributed by atoms with E-state index < -0.39 is 32.1 Å². The van der Waals surface area contributed by atoms with Crippen molar-refractivity contribution in [2.45, 2.75) is 31.4 Å². The monoisotopic (exact) mass is 375 g/mol. The van der Waals surface area contributed by atoms with Crippen LogP contribution in [0.1, 0.15) is 35.6 Å². The van der Waals surface area contributed by atoms with E-state index in [9.17, 15) is 35.4 Å². The van der Waals surface area contributed by atoms with E-state index in [0.29, 0.717) is 5.56 Å². The number of nitro groups is 3. The molecule has 0 spiro atoms. The van der Waals surface area contributed by atoms with Crippen molar-refractivity contribution in [3.63, 3.8) is 0 Å². The van der Waals surface area contributed by atoms with Gasteiger partial charge in [0.05, 0.1) is 21.1 Å². The molecule has 1 N–H and O–H groups in total. The number of benzene rings is 1. The van der Waals surface area contributed by atoms with E-state index in [0.717, 1.165) is 5.01 Å². The first-order chi connectivity index (χ1) is 12.6. The van der Waals surface area contributed by atoms with Crippen molar-refractivity contribution in [3.05, 3.63) is 64.4 Å². The zero-order chi connectivity index (χ0) is 19.8. The third kappa shape index (κ3) is 1.82. The predicted molar refractivity (Wildman–Crippen MR) is 90.0 cm³/mol. The summed E-state index contributed by atoms with van der Waals surface area (Å²) in [5.41, 5.74) is -2.59. The van der Waals surface area contributed by atoms with Crippen LogP contribution in [0.3, 0.4) is 0 Å². The summed E-state index contributed by atoms with van der Waals surface area (Å²) < 4.78 is 0. The fourth-order valence-corrected chi connectivity index (χ4v) is 4.49. The molecule has 140 valence electrons. The van der Waals surface area contributed by atoms with Crippen molar-refractivity contribution in [1.29, 1.82) is 0 Å². The highest BCUT2D eigenvalue weighted by Crippen LogP contribution is 2.55. The van der Waals surface area contributed by atoms with Gasteiger partial charge in [0.1, 0.15) is 5.70 Å². The zero-order valence-electron chi connectivity index (χ0n) is 14.2. The Morgan fingerprint density at radius 3 is 2.44 bits per heavy atom. The molecule has 2 aliphatic carbocycles. The summed E-state index contributed by atoms with van der Waals surface area (Å²) >= 11 is 0. The Bertz CT molecular complexity index is 1030. The molecule has 0 amide bonds. The van der Waals surface area contributed by atoms with Crippen molar-refractivity contribution < 1.29 is 19.9 Å². The van der Waals surface area contributed by atoms with Gasteiger partial charge in [0.25, 0.3) is 11.2 Å². The largest absolute Gasteiger partial charge is 0.376 e. The van der Waals surface area contributed by atoms with Gasteiger partial charge in [0.15, 0.2) is 0 Å². The van der Waals surface area contributed by atoms with E-state index in [2.05, 4.69) is 5.10 Å². The summed E-state index contributed by atoms with van der Waals surface area (Å²) in [6.07, 6.45) is -2.09. The number of nitrogens with zero attached hydrogens (tertiary/aromatic N) is 5. The van der Waals surface area contributed by atoms with Gasteiger partial charge in [-0.25, -0.2) is 0 Å². The summed E-state index contributed by atoms with van der Waals surface area (Å²) in [6.45, 7) is 1.50. The van der Waals surface area contributed by atoms with Crippen LogP contribution < -0.4 is 0 Å². The minimum atomic E-state index is -2.11. The van der Waals surface area contributed by atoms with Crippen molar-refractivity contribution in [3.8, 4) is 0 Å². The molecular formula is C15H13N5O7. The third-order valence-corrected chi connectivity index (χ3v) is 5.49. The van der Waals surface area contributed by atoms with E-state index >= 15 is 0 Å². The van der Waals surface area contributed by atoms with Crippen LogP contribution in [0, 0.1) is 30.3 Å². The summed E-state index contributed by atoms with van der Waals surface area (Å²) in [4.78, 5) is 33.1. The highest BCUT2D eigenvalue weighted by Gasteiger charge is 2.66. The molecule has 1 aromatic rings. The van der Waals surface area contributed by atoms with Gasteiger partial charge in [-0.2, -0.15) is 5.10 Å². The number of aliphatic hydroxyl groups excluding tert-OH is 1. The number of hydrogen-bond donors (Lipinski definition) is 1. The van der Waals surface area contributed by atoms with Crippen LogP contribution in [-0.2, 0) is 12.0 Å². The molecule has 1 aromatic carbocycles. The van der Waals surface area contributed by atoms with Gasteiger partial charge >= 0.3 is 5.70 Å². The van der Waals surface area contributed by atoms with Crippen LogP contribution in [0.2, 0.25) is 0 Å². The second-order valence-corrected chi connectivity index (χ2v) is 6.72. The molecular weight excluding hydrogens is 362 g/mol. The van der Waals surface area contributed by atoms with Crippen LogP contribution in [0.4, 0.5) is 5.69 Å². The van der Waals surface area contributed by atoms with Gasteiger partial charge in [0.2, 0.25) is 6.10 Å². The summed E-state index contributed by atoms with van der Waals surface area (Å²) in [5.74, 6) is 0. The van der Waals surface area contributed by atoms with Gasteiger partial charge < -0.3 is 5.11 Å². The molecule has 0 saturated heterocycles. The minimum absolute atomic E-state index is 0.0197. The third-order valence-electron chi connectivity index (χ3n) is 5.49. The molecule has 12 heteroatoms. The van der Waals surface area contributed by atoms with Gasteiger partial charge in [-0.05, 0) is 18.9 Å². The Morgan fingerprint density at radius 2 is 1.89 bits per heavy atom. The number of hydrogen-bond acceptors (Lipinski definition) is 9. The van der Waals surface area contributed by atoms with Crippen LogP contribution in [0.5, 0.6) is 0 Å². The molecule has 0 radical (unpaired) electrons. The Morgan fingerprint density at radius 1 is 1.22 bits per heavy atom. The van der Waals surface area contributed by atoms with Crippen LogP contribution in [0.15, 0.2) is 16.9 Å².